The Balaban J connectivity index is 1.63. The maximum absolute atomic E-state index is 12.9. The van der Waals surface area contributed by atoms with E-state index >= 15 is 0 Å². The Bertz CT molecular complexity index is 1260. The number of hydrogen-bond acceptors (Lipinski definition) is 6. The van der Waals surface area contributed by atoms with Crippen LogP contribution in [0, 0.1) is 24.0 Å². The maximum Gasteiger partial charge on any atom is 0.273 e. The van der Waals surface area contributed by atoms with Gasteiger partial charge >= 0.3 is 0 Å². The summed E-state index contributed by atoms with van der Waals surface area (Å²) >= 11 is 1.30. The normalized spacial score (nSPS) is 16.3. The van der Waals surface area contributed by atoms with Crippen LogP contribution in [-0.4, -0.2) is 27.4 Å². The number of nitro groups is 1. The summed E-state index contributed by atoms with van der Waals surface area (Å²) in [5, 5.41) is 11.8. The van der Waals surface area contributed by atoms with Gasteiger partial charge in [-0.25, -0.2) is 4.99 Å². The number of benzene rings is 2. The first kappa shape index (κ1) is 21.6. The Labute approximate surface area is 189 Å². The minimum absolute atomic E-state index is 0.0378. The standard InChI is InChI=1S/C24H21N3O4S/c1-4-26-23(28)22(32-24(26)25-17-10-8-15(2)9-11-17)14-18-12-13-21(31-18)19-6-5-7-20(16(19)3)27(29)30/h5-14H,4H2,1-3H3/b22-14+,25-24?. The highest BCUT2D eigenvalue weighted by molar-refractivity contribution is 8.18. The Morgan fingerprint density at radius 1 is 1.12 bits per heavy atom. The first-order valence-corrected chi connectivity index (χ1v) is 10.9. The number of aliphatic imine (C=N–C) groups is 1. The fraction of sp³-hybridized carbons (Fsp3) is 0.167. The van der Waals surface area contributed by atoms with Crippen molar-refractivity contribution in [3.8, 4) is 11.3 Å². The van der Waals surface area contributed by atoms with E-state index in [1.807, 2.05) is 38.1 Å². The summed E-state index contributed by atoms with van der Waals surface area (Å²) in [5.74, 6) is 0.872. The third kappa shape index (κ3) is 4.22. The molecule has 0 N–H and O–H groups in total. The molecule has 4 rings (SSSR count). The van der Waals surface area contributed by atoms with Gasteiger partial charge in [0.15, 0.2) is 5.17 Å². The number of carbonyl (C=O) groups excluding carboxylic acids is 1. The van der Waals surface area contributed by atoms with Crippen LogP contribution in [0.15, 0.2) is 68.9 Å². The third-order valence-electron chi connectivity index (χ3n) is 5.13. The van der Waals surface area contributed by atoms with E-state index in [9.17, 15) is 14.9 Å². The lowest BCUT2D eigenvalue weighted by molar-refractivity contribution is -0.385. The highest BCUT2D eigenvalue weighted by Gasteiger charge is 2.32. The fourth-order valence-electron chi connectivity index (χ4n) is 3.39. The number of amides is 1. The molecule has 1 saturated heterocycles. The van der Waals surface area contributed by atoms with Crippen LogP contribution in [0.25, 0.3) is 17.4 Å². The first-order chi connectivity index (χ1) is 15.4. The quantitative estimate of drug-likeness (QED) is 0.268. The molecule has 0 radical (unpaired) electrons. The highest BCUT2D eigenvalue weighted by atomic mass is 32.2. The molecular formula is C24H21N3O4S. The Morgan fingerprint density at radius 3 is 2.56 bits per heavy atom. The van der Waals surface area contributed by atoms with E-state index in [0.29, 0.717) is 39.3 Å². The van der Waals surface area contributed by atoms with Gasteiger partial charge in [-0.1, -0.05) is 29.8 Å². The summed E-state index contributed by atoms with van der Waals surface area (Å²) in [6, 6.07) is 16.2. The number of nitrogens with zero attached hydrogens (tertiary/aromatic N) is 3. The summed E-state index contributed by atoms with van der Waals surface area (Å²) in [7, 11) is 0. The second-order valence-corrected chi connectivity index (χ2v) is 8.31. The molecule has 2 aromatic carbocycles. The van der Waals surface area contributed by atoms with Crippen molar-refractivity contribution in [1.29, 1.82) is 0 Å². The number of amidine groups is 1. The molecule has 1 aliphatic heterocycles. The molecule has 0 aliphatic carbocycles. The number of aryl methyl sites for hydroxylation is 1. The SMILES string of the molecule is CCN1C(=O)/C(=C\c2ccc(-c3cccc([N+](=O)[O-])c3C)o2)SC1=Nc1ccc(C)cc1. The topological polar surface area (TPSA) is 89.0 Å². The summed E-state index contributed by atoms with van der Waals surface area (Å²) in [5.41, 5.74) is 3.14. The molecule has 0 bridgehead atoms. The van der Waals surface area contributed by atoms with Crippen molar-refractivity contribution in [2.45, 2.75) is 20.8 Å². The van der Waals surface area contributed by atoms with Crippen LogP contribution >= 0.6 is 11.8 Å². The van der Waals surface area contributed by atoms with Crippen LogP contribution in [0.5, 0.6) is 0 Å². The Kier molecular flexibility index (Phi) is 5.96. The fourth-order valence-corrected chi connectivity index (χ4v) is 4.44. The van der Waals surface area contributed by atoms with Crippen molar-refractivity contribution >= 4 is 40.3 Å². The second-order valence-electron chi connectivity index (χ2n) is 7.30. The number of furan rings is 1. The molecule has 8 heteroatoms. The predicted molar refractivity (Wildman–Crippen MR) is 127 cm³/mol. The van der Waals surface area contributed by atoms with E-state index in [-0.39, 0.29) is 11.6 Å². The number of hydrogen-bond donors (Lipinski definition) is 0. The largest absolute Gasteiger partial charge is 0.457 e. The molecule has 32 heavy (non-hydrogen) atoms. The number of nitro benzene ring substituents is 1. The predicted octanol–water partition coefficient (Wildman–Crippen LogP) is 6.10. The molecule has 1 aromatic heterocycles. The molecule has 0 saturated carbocycles. The third-order valence-corrected chi connectivity index (χ3v) is 6.14. The van der Waals surface area contributed by atoms with Crippen LogP contribution in [0.2, 0.25) is 0 Å². The van der Waals surface area contributed by atoms with Gasteiger partial charge in [-0.3, -0.25) is 19.8 Å². The monoisotopic (exact) mass is 447 g/mol. The van der Waals surface area contributed by atoms with E-state index in [0.717, 1.165) is 11.3 Å². The zero-order valence-corrected chi connectivity index (χ0v) is 18.7. The molecule has 1 amide bonds. The van der Waals surface area contributed by atoms with Crippen molar-refractivity contribution in [1.82, 2.24) is 4.90 Å². The lowest BCUT2D eigenvalue weighted by Crippen LogP contribution is -2.28. The van der Waals surface area contributed by atoms with E-state index in [1.165, 1.54) is 17.8 Å². The summed E-state index contributed by atoms with van der Waals surface area (Å²) in [6.45, 7) is 6.11. The second kappa shape index (κ2) is 8.84. The van der Waals surface area contributed by atoms with Gasteiger partial charge in [0.1, 0.15) is 11.5 Å². The smallest absolute Gasteiger partial charge is 0.273 e. The van der Waals surface area contributed by atoms with Gasteiger partial charge in [-0.05, 0) is 56.8 Å². The Morgan fingerprint density at radius 2 is 1.88 bits per heavy atom. The van der Waals surface area contributed by atoms with Crippen molar-refractivity contribution in [3.05, 3.63) is 86.5 Å². The molecule has 0 spiro atoms. The number of carbonyl (C=O) groups is 1. The lowest BCUT2D eigenvalue weighted by Gasteiger charge is -2.11. The van der Waals surface area contributed by atoms with Crippen LogP contribution < -0.4 is 0 Å². The van der Waals surface area contributed by atoms with E-state index < -0.39 is 4.92 Å². The summed E-state index contributed by atoms with van der Waals surface area (Å²) in [6.07, 6.45) is 1.68. The van der Waals surface area contributed by atoms with Crippen molar-refractivity contribution in [2.24, 2.45) is 4.99 Å². The number of thioether (sulfide) groups is 1. The van der Waals surface area contributed by atoms with Gasteiger partial charge < -0.3 is 4.42 Å². The average Bonchev–Trinajstić information content (AvgIpc) is 3.34. The summed E-state index contributed by atoms with van der Waals surface area (Å²) in [4.78, 5) is 30.5. The van der Waals surface area contributed by atoms with Crippen LogP contribution in [-0.2, 0) is 4.79 Å². The molecule has 1 aliphatic rings. The molecule has 0 unspecified atom stereocenters. The minimum atomic E-state index is -0.410. The van der Waals surface area contributed by atoms with Gasteiger partial charge in [0, 0.05) is 29.8 Å². The van der Waals surface area contributed by atoms with Gasteiger partial charge in [0.05, 0.1) is 15.5 Å². The molecule has 7 nitrogen and oxygen atoms in total. The molecule has 162 valence electrons. The Hall–Kier alpha value is -3.65. The van der Waals surface area contributed by atoms with E-state index in [2.05, 4.69) is 4.99 Å². The molecule has 0 atom stereocenters. The van der Waals surface area contributed by atoms with Crippen LogP contribution in [0.4, 0.5) is 11.4 Å². The zero-order chi connectivity index (χ0) is 22.8. The first-order valence-electron chi connectivity index (χ1n) is 10.1. The molecular weight excluding hydrogens is 426 g/mol. The van der Waals surface area contributed by atoms with Gasteiger partial charge in [0.25, 0.3) is 11.6 Å². The molecule has 2 heterocycles. The van der Waals surface area contributed by atoms with E-state index in [4.69, 9.17) is 4.42 Å². The number of rotatable bonds is 5. The molecule has 1 fully saturated rings. The number of likely N-dealkylation sites (N-methyl/N-ethyl adjacent to an activating group) is 1. The highest BCUT2D eigenvalue weighted by Crippen LogP contribution is 2.36. The zero-order valence-electron chi connectivity index (χ0n) is 17.9. The van der Waals surface area contributed by atoms with Crippen molar-refractivity contribution < 1.29 is 14.1 Å². The average molecular weight is 448 g/mol. The van der Waals surface area contributed by atoms with Crippen molar-refractivity contribution in [2.75, 3.05) is 6.54 Å². The van der Waals surface area contributed by atoms with Crippen molar-refractivity contribution in [3.63, 3.8) is 0 Å². The summed E-state index contributed by atoms with van der Waals surface area (Å²) < 4.78 is 5.91. The van der Waals surface area contributed by atoms with E-state index in [1.54, 1.807) is 42.2 Å². The van der Waals surface area contributed by atoms with Crippen LogP contribution in [0.1, 0.15) is 23.8 Å². The minimum Gasteiger partial charge on any atom is -0.457 e. The maximum atomic E-state index is 12.9. The van der Waals surface area contributed by atoms with Crippen LogP contribution in [0.3, 0.4) is 0 Å². The van der Waals surface area contributed by atoms with Gasteiger partial charge in [0.2, 0.25) is 0 Å². The van der Waals surface area contributed by atoms with Gasteiger partial charge in [-0.2, -0.15) is 0 Å². The van der Waals surface area contributed by atoms with Gasteiger partial charge in [-0.15, -0.1) is 0 Å². The lowest BCUT2D eigenvalue weighted by atomic mass is 10.1. The molecule has 3 aromatic rings.